The van der Waals surface area contributed by atoms with Gasteiger partial charge in [0.1, 0.15) is 0 Å². The Morgan fingerprint density at radius 2 is 1.59 bits per heavy atom. The molecule has 3 rings (SSSR count). The van der Waals surface area contributed by atoms with Gasteiger partial charge < -0.3 is 10.2 Å². The van der Waals surface area contributed by atoms with Gasteiger partial charge in [-0.15, -0.1) is 0 Å². The minimum absolute atomic E-state index is 0.288. The molecule has 0 radical (unpaired) electrons. The molecule has 0 atom stereocenters. The summed E-state index contributed by atoms with van der Waals surface area (Å²) in [6, 6.07) is 14.7. The maximum atomic E-state index is 13.2. The van der Waals surface area contributed by atoms with Gasteiger partial charge in [0.05, 0.1) is 10.6 Å². The number of nitrogens with zero attached hydrogens (tertiary/aromatic N) is 2. The highest BCUT2D eigenvalue weighted by molar-refractivity contribution is 7.90. The Labute approximate surface area is 174 Å². The molecule has 6 heteroatoms. The normalized spacial score (nSPS) is 11.8. The third-order valence-corrected chi connectivity index (χ3v) is 6.68. The maximum absolute atomic E-state index is 13.2. The molecule has 0 aliphatic rings. The van der Waals surface area contributed by atoms with Crippen molar-refractivity contribution in [3.63, 3.8) is 0 Å². The molecule has 0 unspecified atom stereocenters. The Morgan fingerprint density at radius 1 is 0.966 bits per heavy atom. The summed E-state index contributed by atoms with van der Waals surface area (Å²) in [4.78, 5) is 2.42. The number of nitrogens with one attached hydrogen (secondary N) is 1. The van der Waals surface area contributed by atoms with Crippen LogP contribution in [0.5, 0.6) is 0 Å². The van der Waals surface area contributed by atoms with E-state index >= 15 is 0 Å². The van der Waals surface area contributed by atoms with Crippen LogP contribution in [0.4, 0.5) is 5.69 Å². The number of aromatic nitrogens is 1. The second-order valence-corrected chi connectivity index (χ2v) is 9.54. The van der Waals surface area contributed by atoms with Gasteiger partial charge in [-0.25, -0.2) is 12.4 Å². The molecule has 29 heavy (non-hydrogen) atoms. The van der Waals surface area contributed by atoms with Crippen molar-refractivity contribution in [3.05, 3.63) is 71.4 Å². The molecule has 0 saturated heterocycles. The Hall–Kier alpha value is -2.57. The standard InChI is InChI=1S/C23H29N3O2S/c1-17-8-10-21(11-9-17)29(27,28)26-13-6-7-22(26)20-15-18(2)23(19(3)16-20)24-12-14-25(4)5/h6-11,13,15-16,24H,12,14H2,1-5H3. The van der Waals surface area contributed by atoms with Crippen molar-refractivity contribution >= 4 is 15.7 Å². The minimum Gasteiger partial charge on any atom is -0.383 e. The van der Waals surface area contributed by atoms with Crippen LogP contribution in [0.3, 0.4) is 0 Å². The third kappa shape index (κ3) is 4.54. The van der Waals surface area contributed by atoms with E-state index in [2.05, 4.69) is 24.1 Å². The predicted molar refractivity (Wildman–Crippen MR) is 120 cm³/mol. The molecular formula is C23H29N3O2S. The van der Waals surface area contributed by atoms with Gasteiger partial charge in [-0.05, 0) is 88.0 Å². The first-order valence-electron chi connectivity index (χ1n) is 9.70. The van der Waals surface area contributed by atoms with Gasteiger partial charge in [-0.1, -0.05) is 17.7 Å². The summed E-state index contributed by atoms with van der Waals surface area (Å²) >= 11 is 0. The van der Waals surface area contributed by atoms with E-state index in [4.69, 9.17) is 0 Å². The number of hydrogen-bond acceptors (Lipinski definition) is 4. The summed E-state index contributed by atoms with van der Waals surface area (Å²) in [6.45, 7) is 7.84. The van der Waals surface area contributed by atoms with Crippen molar-refractivity contribution in [1.29, 1.82) is 0 Å². The topological polar surface area (TPSA) is 54.3 Å². The molecule has 0 aliphatic carbocycles. The van der Waals surface area contributed by atoms with Crippen LogP contribution in [0, 0.1) is 20.8 Å². The third-order valence-electron chi connectivity index (χ3n) is 4.98. The Balaban J connectivity index is 1.97. The molecule has 0 spiro atoms. The second kappa shape index (κ2) is 8.43. The molecule has 2 aromatic carbocycles. The lowest BCUT2D eigenvalue weighted by atomic mass is 10.0. The van der Waals surface area contributed by atoms with Gasteiger partial charge in [0.2, 0.25) is 0 Å². The van der Waals surface area contributed by atoms with Crippen LogP contribution < -0.4 is 5.32 Å². The number of aryl methyl sites for hydroxylation is 3. The first-order valence-corrected chi connectivity index (χ1v) is 11.1. The summed E-state index contributed by atoms with van der Waals surface area (Å²) < 4.78 is 27.7. The highest BCUT2D eigenvalue weighted by Gasteiger charge is 2.20. The van der Waals surface area contributed by atoms with Crippen molar-refractivity contribution in [2.24, 2.45) is 0 Å². The first-order chi connectivity index (χ1) is 13.7. The molecule has 154 valence electrons. The molecule has 0 amide bonds. The highest BCUT2D eigenvalue weighted by atomic mass is 32.2. The van der Waals surface area contributed by atoms with Crippen LogP contribution in [0.1, 0.15) is 16.7 Å². The van der Waals surface area contributed by atoms with E-state index in [-0.39, 0.29) is 4.90 Å². The van der Waals surface area contributed by atoms with Crippen molar-refractivity contribution in [1.82, 2.24) is 8.87 Å². The lowest BCUT2D eigenvalue weighted by molar-refractivity contribution is 0.425. The fourth-order valence-electron chi connectivity index (χ4n) is 3.42. The molecule has 0 bridgehead atoms. The zero-order valence-corrected chi connectivity index (χ0v) is 18.5. The number of benzene rings is 2. The fourth-order valence-corrected chi connectivity index (χ4v) is 4.78. The van der Waals surface area contributed by atoms with Gasteiger partial charge in [0, 0.05) is 25.0 Å². The number of likely N-dealkylation sites (N-methyl/N-ethyl adjacent to an activating group) is 1. The number of anilines is 1. The molecule has 0 saturated carbocycles. The van der Waals surface area contributed by atoms with Crippen LogP contribution in [0.2, 0.25) is 0 Å². The van der Waals surface area contributed by atoms with Gasteiger partial charge in [0.15, 0.2) is 0 Å². The van der Waals surface area contributed by atoms with Gasteiger partial charge in [-0.3, -0.25) is 0 Å². The van der Waals surface area contributed by atoms with Crippen LogP contribution >= 0.6 is 0 Å². The quantitative estimate of drug-likeness (QED) is 0.630. The smallest absolute Gasteiger partial charge is 0.268 e. The highest BCUT2D eigenvalue weighted by Crippen LogP contribution is 2.30. The van der Waals surface area contributed by atoms with E-state index in [0.29, 0.717) is 5.69 Å². The zero-order chi connectivity index (χ0) is 21.2. The largest absolute Gasteiger partial charge is 0.383 e. The van der Waals surface area contributed by atoms with E-state index in [9.17, 15) is 8.42 Å². The van der Waals surface area contributed by atoms with Crippen LogP contribution in [-0.4, -0.2) is 44.5 Å². The first kappa shape index (κ1) is 21.1. The lowest BCUT2D eigenvalue weighted by Crippen LogP contribution is -2.21. The molecule has 5 nitrogen and oxygen atoms in total. The molecule has 3 aromatic rings. The van der Waals surface area contributed by atoms with Crippen molar-refractivity contribution < 1.29 is 8.42 Å². The van der Waals surface area contributed by atoms with Gasteiger partial charge in [0.25, 0.3) is 10.0 Å². The van der Waals surface area contributed by atoms with Crippen molar-refractivity contribution in [3.8, 4) is 11.3 Å². The molecule has 1 heterocycles. The maximum Gasteiger partial charge on any atom is 0.268 e. The Bertz CT molecular complexity index is 1070. The van der Waals surface area contributed by atoms with Crippen LogP contribution in [0.25, 0.3) is 11.3 Å². The van der Waals surface area contributed by atoms with E-state index < -0.39 is 10.0 Å². The Morgan fingerprint density at radius 3 is 2.17 bits per heavy atom. The molecule has 0 fully saturated rings. The molecule has 1 N–H and O–H groups in total. The Kier molecular flexibility index (Phi) is 6.15. The summed E-state index contributed by atoms with van der Waals surface area (Å²) in [5.74, 6) is 0. The predicted octanol–water partition coefficient (Wildman–Crippen LogP) is 4.29. The van der Waals surface area contributed by atoms with E-state index in [1.807, 2.05) is 51.4 Å². The fraction of sp³-hybridized carbons (Fsp3) is 0.304. The summed E-state index contributed by atoms with van der Waals surface area (Å²) in [5, 5.41) is 3.49. The van der Waals surface area contributed by atoms with Crippen molar-refractivity contribution in [2.45, 2.75) is 25.7 Å². The summed E-state index contributed by atoms with van der Waals surface area (Å²) in [7, 11) is 0.442. The number of rotatable bonds is 7. The van der Waals surface area contributed by atoms with Crippen LogP contribution in [-0.2, 0) is 10.0 Å². The SMILES string of the molecule is Cc1ccc(S(=O)(=O)n2cccc2-c2cc(C)c(NCCN(C)C)c(C)c2)cc1. The number of hydrogen-bond donors (Lipinski definition) is 1. The average Bonchev–Trinajstić information content (AvgIpc) is 3.14. The lowest BCUT2D eigenvalue weighted by Gasteiger charge is -2.17. The summed E-state index contributed by atoms with van der Waals surface area (Å²) in [5.41, 5.74) is 5.88. The van der Waals surface area contributed by atoms with Gasteiger partial charge >= 0.3 is 0 Å². The van der Waals surface area contributed by atoms with Crippen molar-refractivity contribution in [2.75, 3.05) is 32.5 Å². The van der Waals surface area contributed by atoms with E-state index in [0.717, 1.165) is 41.0 Å². The zero-order valence-electron chi connectivity index (χ0n) is 17.7. The molecule has 0 aliphatic heterocycles. The molecular weight excluding hydrogens is 382 g/mol. The molecule has 1 aromatic heterocycles. The van der Waals surface area contributed by atoms with Crippen LogP contribution in [0.15, 0.2) is 59.6 Å². The monoisotopic (exact) mass is 411 g/mol. The van der Waals surface area contributed by atoms with E-state index in [1.165, 1.54) is 3.97 Å². The summed E-state index contributed by atoms with van der Waals surface area (Å²) in [6.07, 6.45) is 1.61. The van der Waals surface area contributed by atoms with Gasteiger partial charge in [-0.2, -0.15) is 0 Å². The average molecular weight is 412 g/mol. The second-order valence-electron chi connectivity index (χ2n) is 7.72. The minimum atomic E-state index is -3.66. The van der Waals surface area contributed by atoms with E-state index in [1.54, 1.807) is 24.4 Å².